The van der Waals surface area contributed by atoms with Crippen LogP contribution in [0.2, 0.25) is 0 Å². The lowest BCUT2D eigenvalue weighted by Gasteiger charge is -1.94. The lowest BCUT2D eigenvalue weighted by atomic mass is 10.3. The first-order chi connectivity index (χ1) is 6.66. The number of oxazole rings is 1. The van der Waals surface area contributed by atoms with Crippen LogP contribution < -0.4 is 5.73 Å². The number of thiophene rings is 1. The van der Waals surface area contributed by atoms with Crippen LogP contribution >= 0.6 is 27.3 Å². The van der Waals surface area contributed by atoms with Crippen LogP contribution in [0.5, 0.6) is 0 Å². The van der Waals surface area contributed by atoms with Gasteiger partial charge in [-0.2, -0.15) is 0 Å². The van der Waals surface area contributed by atoms with E-state index in [9.17, 15) is 0 Å². The zero-order chi connectivity index (χ0) is 10.1. The summed E-state index contributed by atoms with van der Waals surface area (Å²) in [4.78, 5) is 5.29. The second kappa shape index (κ2) is 3.84. The first-order valence-electron chi connectivity index (χ1n) is 4.13. The molecule has 0 amide bonds. The summed E-state index contributed by atoms with van der Waals surface area (Å²) in [6.07, 6.45) is 1.60. The first-order valence-corrected chi connectivity index (χ1v) is 5.74. The Hall–Kier alpha value is -0.650. The molecule has 0 aliphatic heterocycles. The molecule has 74 valence electrons. The standard InChI is InChI=1S/C9H9BrN2OS/c1-5(11)6-4-13-9(12-6)7-2-3-8(10)14-7/h2-5H,11H2,1H3. The Morgan fingerprint density at radius 1 is 1.57 bits per heavy atom. The highest BCUT2D eigenvalue weighted by Crippen LogP contribution is 2.31. The van der Waals surface area contributed by atoms with Crippen molar-refractivity contribution >= 4 is 27.3 Å². The van der Waals surface area contributed by atoms with E-state index in [-0.39, 0.29) is 6.04 Å². The minimum absolute atomic E-state index is 0.0871. The van der Waals surface area contributed by atoms with Crippen LogP contribution in [0.3, 0.4) is 0 Å². The number of nitrogens with zero attached hydrogens (tertiary/aromatic N) is 1. The molecule has 0 saturated heterocycles. The van der Waals surface area contributed by atoms with Crippen molar-refractivity contribution in [1.29, 1.82) is 0 Å². The SMILES string of the molecule is CC(N)c1coc(-c2ccc(Br)s2)n1. The van der Waals surface area contributed by atoms with E-state index < -0.39 is 0 Å². The summed E-state index contributed by atoms with van der Waals surface area (Å²) in [7, 11) is 0. The molecular weight excluding hydrogens is 264 g/mol. The topological polar surface area (TPSA) is 52.0 Å². The van der Waals surface area contributed by atoms with Gasteiger partial charge in [0.2, 0.25) is 5.89 Å². The Morgan fingerprint density at radius 2 is 2.36 bits per heavy atom. The number of nitrogens with two attached hydrogens (primary N) is 1. The van der Waals surface area contributed by atoms with Gasteiger partial charge in [0.15, 0.2) is 0 Å². The van der Waals surface area contributed by atoms with E-state index in [2.05, 4.69) is 20.9 Å². The van der Waals surface area contributed by atoms with E-state index >= 15 is 0 Å². The van der Waals surface area contributed by atoms with Crippen molar-refractivity contribution in [3.63, 3.8) is 0 Å². The van der Waals surface area contributed by atoms with Crippen LogP contribution in [-0.2, 0) is 0 Å². The van der Waals surface area contributed by atoms with E-state index in [1.165, 1.54) is 0 Å². The average molecular weight is 273 g/mol. The summed E-state index contributed by atoms with van der Waals surface area (Å²) >= 11 is 4.98. The summed E-state index contributed by atoms with van der Waals surface area (Å²) in [6, 6.07) is 3.84. The number of hydrogen-bond acceptors (Lipinski definition) is 4. The fourth-order valence-electron chi connectivity index (χ4n) is 1.04. The quantitative estimate of drug-likeness (QED) is 0.914. The zero-order valence-corrected chi connectivity index (χ0v) is 9.93. The Balaban J connectivity index is 2.33. The van der Waals surface area contributed by atoms with Crippen LogP contribution in [0.25, 0.3) is 10.8 Å². The second-order valence-electron chi connectivity index (χ2n) is 2.97. The van der Waals surface area contributed by atoms with Crippen LogP contribution in [-0.4, -0.2) is 4.98 Å². The van der Waals surface area contributed by atoms with Crippen molar-refractivity contribution in [2.24, 2.45) is 5.73 Å². The summed E-state index contributed by atoms with van der Waals surface area (Å²) in [5.74, 6) is 0.632. The lowest BCUT2D eigenvalue weighted by molar-refractivity contribution is 0.572. The third-order valence-corrected chi connectivity index (χ3v) is 3.38. The van der Waals surface area contributed by atoms with Crippen molar-refractivity contribution < 1.29 is 4.42 Å². The minimum Gasteiger partial charge on any atom is -0.443 e. The van der Waals surface area contributed by atoms with Crippen LogP contribution in [0, 0.1) is 0 Å². The Morgan fingerprint density at radius 3 is 2.86 bits per heavy atom. The largest absolute Gasteiger partial charge is 0.443 e. The molecule has 1 atom stereocenters. The van der Waals surface area contributed by atoms with Crippen molar-refractivity contribution in [1.82, 2.24) is 4.98 Å². The third kappa shape index (κ3) is 1.89. The molecule has 5 heteroatoms. The molecule has 0 fully saturated rings. The molecule has 14 heavy (non-hydrogen) atoms. The van der Waals surface area contributed by atoms with Gasteiger partial charge in [-0.15, -0.1) is 11.3 Å². The fourth-order valence-corrected chi connectivity index (χ4v) is 2.36. The average Bonchev–Trinajstić information content (AvgIpc) is 2.70. The lowest BCUT2D eigenvalue weighted by Crippen LogP contribution is -2.04. The Labute approximate surface area is 94.1 Å². The maximum absolute atomic E-state index is 5.68. The number of halogens is 1. The van der Waals surface area contributed by atoms with Gasteiger partial charge in [0, 0.05) is 6.04 Å². The summed E-state index contributed by atoms with van der Waals surface area (Å²) in [5, 5.41) is 0. The fraction of sp³-hybridized carbons (Fsp3) is 0.222. The van der Waals surface area contributed by atoms with Crippen molar-refractivity contribution in [2.45, 2.75) is 13.0 Å². The molecular formula is C9H9BrN2OS. The smallest absolute Gasteiger partial charge is 0.236 e. The second-order valence-corrected chi connectivity index (χ2v) is 5.43. The van der Waals surface area contributed by atoms with Gasteiger partial charge < -0.3 is 10.2 Å². The molecule has 3 nitrogen and oxygen atoms in total. The van der Waals surface area contributed by atoms with Crippen LogP contribution in [0.15, 0.2) is 26.6 Å². The molecule has 2 rings (SSSR count). The Bertz CT molecular complexity index is 435. The maximum Gasteiger partial charge on any atom is 0.236 e. The molecule has 0 aromatic carbocycles. The predicted octanol–water partition coefficient (Wildman–Crippen LogP) is 3.19. The zero-order valence-electron chi connectivity index (χ0n) is 7.53. The molecule has 0 aliphatic rings. The predicted molar refractivity (Wildman–Crippen MR) is 60.1 cm³/mol. The third-order valence-electron chi connectivity index (χ3n) is 1.77. The monoisotopic (exact) mass is 272 g/mol. The van der Waals surface area contributed by atoms with Crippen molar-refractivity contribution in [3.8, 4) is 10.8 Å². The summed E-state index contributed by atoms with van der Waals surface area (Å²) in [6.45, 7) is 1.88. The van der Waals surface area contributed by atoms with Gasteiger partial charge in [-0.05, 0) is 35.0 Å². The highest BCUT2D eigenvalue weighted by Gasteiger charge is 2.10. The van der Waals surface area contributed by atoms with Gasteiger partial charge in [-0.25, -0.2) is 4.98 Å². The van der Waals surface area contributed by atoms with E-state index in [0.29, 0.717) is 5.89 Å². The molecule has 2 heterocycles. The number of aromatic nitrogens is 1. The normalized spacial score (nSPS) is 13.1. The minimum atomic E-state index is -0.0871. The van der Waals surface area contributed by atoms with E-state index in [1.807, 2.05) is 19.1 Å². The summed E-state index contributed by atoms with van der Waals surface area (Å²) < 4.78 is 6.39. The Kier molecular flexibility index (Phi) is 2.71. The van der Waals surface area contributed by atoms with Gasteiger partial charge in [0.25, 0.3) is 0 Å². The van der Waals surface area contributed by atoms with Crippen molar-refractivity contribution in [2.75, 3.05) is 0 Å². The molecule has 1 unspecified atom stereocenters. The molecule has 0 saturated carbocycles. The molecule has 2 aromatic rings. The van der Waals surface area contributed by atoms with Gasteiger partial charge in [-0.1, -0.05) is 0 Å². The van der Waals surface area contributed by atoms with E-state index in [0.717, 1.165) is 14.4 Å². The van der Waals surface area contributed by atoms with Crippen LogP contribution in [0.4, 0.5) is 0 Å². The highest BCUT2D eigenvalue weighted by molar-refractivity contribution is 9.11. The van der Waals surface area contributed by atoms with Gasteiger partial charge in [0.05, 0.1) is 14.4 Å². The molecule has 0 aliphatic carbocycles. The molecule has 2 N–H and O–H groups in total. The molecule has 2 aromatic heterocycles. The number of rotatable bonds is 2. The van der Waals surface area contributed by atoms with E-state index in [1.54, 1.807) is 17.6 Å². The number of hydrogen-bond donors (Lipinski definition) is 1. The summed E-state index contributed by atoms with van der Waals surface area (Å²) in [5.41, 5.74) is 6.46. The van der Waals surface area contributed by atoms with E-state index in [4.69, 9.17) is 10.2 Å². The molecule has 0 bridgehead atoms. The molecule has 0 radical (unpaired) electrons. The van der Waals surface area contributed by atoms with Gasteiger partial charge >= 0.3 is 0 Å². The van der Waals surface area contributed by atoms with Gasteiger partial charge in [-0.3, -0.25) is 0 Å². The molecule has 0 spiro atoms. The van der Waals surface area contributed by atoms with Crippen molar-refractivity contribution in [3.05, 3.63) is 27.9 Å². The van der Waals surface area contributed by atoms with Gasteiger partial charge in [0.1, 0.15) is 6.26 Å². The first kappa shape index (κ1) is 9.89. The maximum atomic E-state index is 5.68. The highest BCUT2D eigenvalue weighted by atomic mass is 79.9. The van der Waals surface area contributed by atoms with Crippen LogP contribution in [0.1, 0.15) is 18.7 Å².